The largest absolute Gasteiger partial charge is 0.311 e. The van der Waals surface area contributed by atoms with Crippen molar-refractivity contribution in [2.45, 2.75) is 38.5 Å². The van der Waals surface area contributed by atoms with E-state index in [9.17, 15) is 4.39 Å². The van der Waals surface area contributed by atoms with Crippen LogP contribution in [0.4, 0.5) is 38.5 Å². The van der Waals surface area contributed by atoms with Gasteiger partial charge in [-0.1, -0.05) is 185 Å². The molecule has 0 fully saturated rings. The molecule has 12 aromatic carbocycles. The molecule has 15 rings (SSSR count). The van der Waals surface area contributed by atoms with Crippen LogP contribution in [0.3, 0.4) is 0 Å². The highest BCUT2D eigenvalue weighted by atomic mass is 19.1. The summed E-state index contributed by atoms with van der Waals surface area (Å²) in [6.45, 7) is 9.49. The Kier molecular flexibility index (Phi) is 11.4. The SMILES string of the molecule is CC1(C)c2ccccc2-c2ccc(N(c3ccc(N(c4ccc(-c5ccccc5)cc4)c4ccc(-c5ccccc5)cc4)cc3)c3ccc4c(c3)C(C)(C)c3cc(-c5ccc6c(c5)c5ccccc5n6-c5ccc(F)cc5)ccc3-4)cc21. The van der Waals surface area contributed by atoms with Gasteiger partial charge in [-0.25, -0.2) is 4.39 Å². The third-order valence-corrected chi connectivity index (χ3v) is 17.7. The summed E-state index contributed by atoms with van der Waals surface area (Å²) in [7, 11) is 0. The molecule has 1 heterocycles. The molecule has 2 aliphatic carbocycles. The van der Waals surface area contributed by atoms with Crippen molar-refractivity contribution in [3.63, 3.8) is 0 Å². The van der Waals surface area contributed by atoms with E-state index in [2.05, 4.69) is 297 Å². The number of rotatable bonds is 10. The van der Waals surface area contributed by atoms with Crippen LogP contribution < -0.4 is 9.80 Å². The van der Waals surface area contributed by atoms with Gasteiger partial charge in [-0.2, -0.15) is 0 Å². The lowest BCUT2D eigenvalue weighted by Crippen LogP contribution is -2.18. The molecule has 3 nitrogen and oxygen atoms in total. The highest BCUT2D eigenvalue weighted by Gasteiger charge is 2.38. The summed E-state index contributed by atoms with van der Waals surface area (Å²) in [5.74, 6) is -0.242. The Labute approximate surface area is 479 Å². The summed E-state index contributed by atoms with van der Waals surface area (Å²) < 4.78 is 16.4. The van der Waals surface area contributed by atoms with Crippen molar-refractivity contribution in [2.24, 2.45) is 0 Å². The van der Waals surface area contributed by atoms with E-state index < -0.39 is 0 Å². The molecule has 392 valence electrons. The fourth-order valence-electron chi connectivity index (χ4n) is 13.4. The molecule has 0 aliphatic heterocycles. The lowest BCUT2D eigenvalue weighted by molar-refractivity contribution is 0.627. The summed E-state index contributed by atoms with van der Waals surface area (Å²) in [5, 5.41) is 2.33. The Hall–Kier alpha value is -10.0. The summed E-state index contributed by atoms with van der Waals surface area (Å²) in [6.07, 6.45) is 0. The molecule has 0 atom stereocenters. The van der Waals surface area contributed by atoms with Crippen molar-refractivity contribution >= 4 is 55.9 Å². The van der Waals surface area contributed by atoms with Crippen molar-refractivity contribution in [2.75, 3.05) is 9.80 Å². The van der Waals surface area contributed by atoms with Crippen LogP contribution in [-0.4, -0.2) is 4.57 Å². The Morgan fingerprint density at radius 1 is 0.280 bits per heavy atom. The molecule has 4 heteroatoms. The smallest absolute Gasteiger partial charge is 0.123 e. The van der Waals surface area contributed by atoms with Crippen molar-refractivity contribution in [3.05, 3.63) is 307 Å². The van der Waals surface area contributed by atoms with E-state index in [-0.39, 0.29) is 16.6 Å². The standard InChI is InChI=1S/C78H58FN3/c1-77(2)71-21-13-11-19-65(71)67-44-41-63(49-73(67)77)81(61-39-37-60(38-40-61)80(58-31-23-53(24-32-58)51-15-7-5-8-16-51)59-33-25-54(26-34-59)52-17-9-6-10-18-52)64-42-45-68-66-43-27-56(48-72(66)78(3,4)74(68)50-64)55-28-46-76-70(47-55)69-20-12-14-22-75(69)82(76)62-35-29-57(79)30-36-62/h5-50H,1-4H3. The normalized spacial score (nSPS) is 13.4. The van der Waals surface area contributed by atoms with Crippen LogP contribution in [0.25, 0.3) is 83.1 Å². The molecule has 0 unspecified atom stereocenters. The summed E-state index contributed by atoms with van der Waals surface area (Å²) >= 11 is 0. The van der Waals surface area contributed by atoms with Crippen LogP contribution in [-0.2, 0) is 10.8 Å². The van der Waals surface area contributed by atoms with Crippen LogP contribution in [0.5, 0.6) is 0 Å². The van der Waals surface area contributed by atoms with Crippen LogP contribution in [0.15, 0.2) is 279 Å². The Bertz CT molecular complexity index is 4510. The first-order valence-corrected chi connectivity index (χ1v) is 28.4. The summed E-state index contributed by atoms with van der Waals surface area (Å²) in [5.41, 5.74) is 26.7. The molecule has 0 saturated carbocycles. The monoisotopic (exact) mass is 1060 g/mol. The van der Waals surface area contributed by atoms with Crippen LogP contribution in [0.2, 0.25) is 0 Å². The highest BCUT2D eigenvalue weighted by Crippen LogP contribution is 2.54. The third-order valence-electron chi connectivity index (χ3n) is 17.7. The molecule has 0 radical (unpaired) electrons. The van der Waals surface area contributed by atoms with Gasteiger partial charge in [-0.15, -0.1) is 0 Å². The Morgan fingerprint density at radius 2 is 0.659 bits per heavy atom. The van der Waals surface area contributed by atoms with Crippen LogP contribution >= 0.6 is 0 Å². The molecule has 1 aromatic heterocycles. The highest BCUT2D eigenvalue weighted by molar-refractivity contribution is 6.10. The number of fused-ring (bicyclic) bond motifs is 9. The molecule has 82 heavy (non-hydrogen) atoms. The maximum atomic E-state index is 14.1. The van der Waals surface area contributed by atoms with E-state index in [1.54, 1.807) is 0 Å². The topological polar surface area (TPSA) is 11.4 Å². The zero-order chi connectivity index (χ0) is 55.3. The van der Waals surface area contributed by atoms with E-state index in [0.717, 1.165) is 56.4 Å². The van der Waals surface area contributed by atoms with Gasteiger partial charge < -0.3 is 14.4 Å². The number of halogens is 1. The summed E-state index contributed by atoms with van der Waals surface area (Å²) in [4.78, 5) is 4.82. The fraction of sp³-hybridized carbons (Fsp3) is 0.0769. The molecule has 0 N–H and O–H groups in total. The van der Waals surface area contributed by atoms with E-state index in [1.165, 1.54) is 95.2 Å². The molecule has 0 spiro atoms. The van der Waals surface area contributed by atoms with Gasteiger partial charge in [-0.3, -0.25) is 0 Å². The molecule has 0 saturated heterocycles. The van der Waals surface area contributed by atoms with Gasteiger partial charge >= 0.3 is 0 Å². The minimum Gasteiger partial charge on any atom is -0.311 e. The van der Waals surface area contributed by atoms with E-state index in [4.69, 9.17) is 0 Å². The first kappa shape index (κ1) is 49.0. The minimum absolute atomic E-state index is 0.173. The number of hydrogen-bond acceptors (Lipinski definition) is 2. The predicted octanol–water partition coefficient (Wildman–Crippen LogP) is 21.5. The number of anilines is 6. The van der Waals surface area contributed by atoms with E-state index >= 15 is 0 Å². The van der Waals surface area contributed by atoms with Gasteiger partial charge in [0.05, 0.1) is 11.0 Å². The summed E-state index contributed by atoms with van der Waals surface area (Å²) in [6, 6.07) is 100. The second kappa shape index (κ2) is 19.1. The average molecular weight is 1060 g/mol. The van der Waals surface area contributed by atoms with E-state index in [0.29, 0.717) is 0 Å². The number of benzene rings is 12. The van der Waals surface area contributed by atoms with Gasteiger partial charge in [-0.05, 0) is 199 Å². The fourth-order valence-corrected chi connectivity index (χ4v) is 13.4. The van der Waals surface area contributed by atoms with Crippen LogP contribution in [0.1, 0.15) is 49.9 Å². The van der Waals surface area contributed by atoms with Crippen molar-refractivity contribution in [1.29, 1.82) is 0 Å². The average Bonchev–Trinajstić information content (AvgIpc) is 4.29. The maximum absolute atomic E-state index is 14.1. The molecule has 0 amide bonds. The second-order valence-electron chi connectivity index (χ2n) is 23.1. The zero-order valence-corrected chi connectivity index (χ0v) is 46.3. The lowest BCUT2D eigenvalue weighted by atomic mass is 9.81. The second-order valence-corrected chi connectivity index (χ2v) is 23.1. The number of aromatic nitrogens is 1. The zero-order valence-electron chi connectivity index (χ0n) is 46.3. The van der Waals surface area contributed by atoms with Crippen molar-refractivity contribution in [3.8, 4) is 61.3 Å². The maximum Gasteiger partial charge on any atom is 0.123 e. The molecule has 0 bridgehead atoms. The van der Waals surface area contributed by atoms with E-state index in [1.807, 2.05) is 12.1 Å². The molecule has 2 aliphatic rings. The lowest BCUT2D eigenvalue weighted by Gasteiger charge is -2.31. The quantitative estimate of drug-likeness (QED) is 0.135. The van der Waals surface area contributed by atoms with Crippen molar-refractivity contribution in [1.82, 2.24) is 4.57 Å². The molecular formula is C78H58FN3. The predicted molar refractivity (Wildman–Crippen MR) is 342 cm³/mol. The first-order valence-electron chi connectivity index (χ1n) is 28.4. The number of nitrogens with zero attached hydrogens (tertiary/aromatic N) is 3. The minimum atomic E-state index is -0.302. The van der Waals surface area contributed by atoms with Gasteiger partial charge in [0.2, 0.25) is 0 Å². The van der Waals surface area contributed by atoms with Gasteiger partial charge in [0.25, 0.3) is 0 Å². The van der Waals surface area contributed by atoms with Gasteiger partial charge in [0.15, 0.2) is 0 Å². The first-order chi connectivity index (χ1) is 40.1. The Balaban J connectivity index is 0.823. The number of hydrogen-bond donors (Lipinski definition) is 0. The van der Waals surface area contributed by atoms with Crippen molar-refractivity contribution < 1.29 is 4.39 Å². The molecule has 13 aromatic rings. The molecular weight excluding hydrogens is 998 g/mol. The van der Waals surface area contributed by atoms with Crippen LogP contribution in [0, 0.1) is 5.82 Å². The van der Waals surface area contributed by atoms with Gasteiger partial charge in [0, 0.05) is 61.4 Å². The van der Waals surface area contributed by atoms with Gasteiger partial charge in [0.1, 0.15) is 5.82 Å². The number of para-hydroxylation sites is 1. The third kappa shape index (κ3) is 8.00. The Morgan fingerprint density at radius 3 is 1.23 bits per heavy atom.